The second kappa shape index (κ2) is 9.65. The highest BCUT2D eigenvalue weighted by Crippen LogP contribution is 2.26. The first-order chi connectivity index (χ1) is 15.4. The Morgan fingerprint density at radius 3 is 2.66 bits per heavy atom. The summed E-state index contributed by atoms with van der Waals surface area (Å²) in [7, 11) is -3.61. The van der Waals surface area contributed by atoms with Crippen LogP contribution in [-0.2, 0) is 26.0 Å². The minimum atomic E-state index is -3.61. The zero-order valence-electron chi connectivity index (χ0n) is 18.0. The molecule has 0 saturated carbocycles. The Morgan fingerprint density at radius 1 is 1.19 bits per heavy atom. The van der Waals surface area contributed by atoms with E-state index in [1.165, 1.54) is 21.7 Å². The van der Waals surface area contributed by atoms with Gasteiger partial charge in [-0.25, -0.2) is 13.4 Å². The molecule has 2 aliphatic heterocycles. The molecule has 0 aliphatic carbocycles. The number of likely N-dealkylation sites (N-methyl/N-ethyl adjacent to an activating group) is 1. The number of thiazole rings is 1. The topological polar surface area (TPSA) is 103 Å². The van der Waals surface area contributed by atoms with Gasteiger partial charge in [0.1, 0.15) is 0 Å². The summed E-state index contributed by atoms with van der Waals surface area (Å²) in [6.07, 6.45) is 1.40. The molecular formula is C21H27N5O4S2. The average Bonchev–Trinajstić information content (AvgIpc) is 3.42. The van der Waals surface area contributed by atoms with E-state index in [0.717, 1.165) is 13.0 Å². The molecule has 2 aliphatic rings. The predicted octanol–water partition coefficient (Wildman–Crippen LogP) is 1.78. The van der Waals surface area contributed by atoms with E-state index in [2.05, 4.69) is 22.1 Å². The maximum Gasteiger partial charge on any atom is 0.243 e. The molecule has 2 fully saturated rings. The summed E-state index contributed by atoms with van der Waals surface area (Å²) in [5, 5.41) is 5.16. The zero-order chi connectivity index (χ0) is 22.7. The summed E-state index contributed by atoms with van der Waals surface area (Å²) in [5.74, 6) is -0.231. The number of carbonyl (C=O) groups is 2. The van der Waals surface area contributed by atoms with Gasteiger partial charge >= 0.3 is 0 Å². The van der Waals surface area contributed by atoms with Crippen LogP contribution in [0.3, 0.4) is 0 Å². The Balaban J connectivity index is 1.39. The lowest BCUT2D eigenvalue weighted by Crippen LogP contribution is -2.48. The quantitative estimate of drug-likeness (QED) is 0.652. The number of benzene rings is 1. The first-order valence-electron chi connectivity index (χ1n) is 10.7. The van der Waals surface area contributed by atoms with Gasteiger partial charge in [-0.2, -0.15) is 4.31 Å². The van der Waals surface area contributed by atoms with Crippen LogP contribution in [0, 0.1) is 0 Å². The molecule has 172 valence electrons. The number of aromatic nitrogens is 1. The highest BCUT2D eigenvalue weighted by molar-refractivity contribution is 7.89. The smallest absolute Gasteiger partial charge is 0.243 e. The van der Waals surface area contributed by atoms with Gasteiger partial charge in [0.05, 0.1) is 17.0 Å². The number of amides is 2. The first-order valence-corrected chi connectivity index (χ1v) is 13.1. The third kappa shape index (κ3) is 5.01. The molecule has 0 radical (unpaired) electrons. The fourth-order valence-electron chi connectivity index (χ4n) is 3.89. The molecule has 0 unspecified atom stereocenters. The standard InChI is InChI=1S/C21H27N5O4S2/c1-2-24-9-11-25(12-10-24)32(29,30)18-6-3-5-16(13-18)22-19(27)14-17-15-31-21(23-17)26-8-4-7-20(26)28/h3,5-6,13,15H,2,4,7-12,14H2,1H3,(H,22,27). The number of rotatable bonds is 7. The van der Waals surface area contributed by atoms with E-state index in [-0.39, 0.29) is 23.1 Å². The Morgan fingerprint density at radius 2 is 1.97 bits per heavy atom. The second-order valence-corrected chi connectivity index (χ2v) is 10.6. The molecule has 32 heavy (non-hydrogen) atoms. The van der Waals surface area contributed by atoms with Gasteiger partial charge in [-0.1, -0.05) is 13.0 Å². The van der Waals surface area contributed by atoms with Gasteiger partial charge in [0.2, 0.25) is 21.8 Å². The molecule has 2 saturated heterocycles. The van der Waals surface area contributed by atoms with E-state index in [4.69, 9.17) is 0 Å². The van der Waals surface area contributed by atoms with Crippen molar-refractivity contribution in [2.24, 2.45) is 0 Å². The van der Waals surface area contributed by atoms with Crippen LogP contribution < -0.4 is 10.2 Å². The van der Waals surface area contributed by atoms with Gasteiger partial charge in [-0.3, -0.25) is 14.5 Å². The molecule has 1 N–H and O–H groups in total. The lowest BCUT2D eigenvalue weighted by Gasteiger charge is -2.33. The van der Waals surface area contributed by atoms with E-state index in [9.17, 15) is 18.0 Å². The number of hydrogen-bond acceptors (Lipinski definition) is 7. The Hall–Kier alpha value is -2.34. The van der Waals surface area contributed by atoms with E-state index in [1.54, 1.807) is 28.5 Å². The van der Waals surface area contributed by atoms with Crippen molar-refractivity contribution in [2.75, 3.05) is 49.5 Å². The molecule has 3 heterocycles. The monoisotopic (exact) mass is 477 g/mol. The van der Waals surface area contributed by atoms with Gasteiger partial charge in [0, 0.05) is 50.2 Å². The zero-order valence-corrected chi connectivity index (χ0v) is 19.6. The molecule has 2 amide bonds. The van der Waals surface area contributed by atoms with E-state index in [0.29, 0.717) is 55.7 Å². The van der Waals surface area contributed by atoms with Crippen LogP contribution in [0.1, 0.15) is 25.5 Å². The molecule has 0 spiro atoms. The van der Waals surface area contributed by atoms with E-state index in [1.807, 2.05) is 0 Å². The summed E-state index contributed by atoms with van der Waals surface area (Å²) in [6, 6.07) is 6.35. The fraction of sp³-hybridized carbons (Fsp3) is 0.476. The van der Waals surface area contributed by atoms with E-state index < -0.39 is 10.0 Å². The molecule has 11 heteroatoms. The number of anilines is 2. The van der Waals surface area contributed by atoms with Gasteiger partial charge in [-0.05, 0) is 31.2 Å². The van der Waals surface area contributed by atoms with Crippen molar-refractivity contribution in [1.29, 1.82) is 0 Å². The van der Waals surface area contributed by atoms with E-state index >= 15 is 0 Å². The van der Waals surface area contributed by atoms with Gasteiger partial charge in [0.15, 0.2) is 5.13 Å². The molecule has 1 aromatic carbocycles. The number of hydrogen-bond donors (Lipinski definition) is 1. The average molecular weight is 478 g/mol. The van der Waals surface area contributed by atoms with Crippen LogP contribution in [0.25, 0.3) is 0 Å². The van der Waals surface area contributed by atoms with Crippen LogP contribution in [-0.4, -0.2) is 73.7 Å². The van der Waals surface area contributed by atoms with Crippen molar-refractivity contribution >= 4 is 44.0 Å². The molecule has 1 aromatic heterocycles. The van der Waals surface area contributed by atoms with Crippen molar-refractivity contribution in [3.05, 3.63) is 35.3 Å². The minimum absolute atomic E-state index is 0.0501. The minimum Gasteiger partial charge on any atom is -0.326 e. The summed E-state index contributed by atoms with van der Waals surface area (Å²) in [5.41, 5.74) is 1.01. The summed E-state index contributed by atoms with van der Waals surface area (Å²) in [6.45, 7) is 5.97. The highest BCUT2D eigenvalue weighted by Gasteiger charge is 2.28. The molecule has 9 nitrogen and oxygen atoms in total. The number of sulfonamides is 1. The molecule has 0 bridgehead atoms. The summed E-state index contributed by atoms with van der Waals surface area (Å²) < 4.78 is 27.5. The van der Waals surface area contributed by atoms with Crippen molar-refractivity contribution < 1.29 is 18.0 Å². The van der Waals surface area contributed by atoms with Crippen molar-refractivity contribution in [3.8, 4) is 0 Å². The fourth-order valence-corrected chi connectivity index (χ4v) is 6.23. The Kier molecular flexibility index (Phi) is 6.89. The predicted molar refractivity (Wildman–Crippen MR) is 123 cm³/mol. The first kappa shape index (κ1) is 22.8. The van der Waals surface area contributed by atoms with Crippen LogP contribution in [0.5, 0.6) is 0 Å². The number of piperazine rings is 1. The molecular weight excluding hydrogens is 450 g/mol. The lowest BCUT2D eigenvalue weighted by molar-refractivity contribution is -0.117. The number of nitrogens with zero attached hydrogens (tertiary/aromatic N) is 4. The van der Waals surface area contributed by atoms with Crippen molar-refractivity contribution in [2.45, 2.75) is 31.1 Å². The second-order valence-electron chi connectivity index (χ2n) is 7.86. The maximum absolute atomic E-state index is 13.0. The third-order valence-corrected chi connectivity index (χ3v) is 8.53. The van der Waals surface area contributed by atoms with Gasteiger partial charge in [-0.15, -0.1) is 11.3 Å². The van der Waals surface area contributed by atoms with Crippen LogP contribution in [0.15, 0.2) is 34.5 Å². The van der Waals surface area contributed by atoms with Crippen LogP contribution >= 0.6 is 11.3 Å². The summed E-state index contributed by atoms with van der Waals surface area (Å²) >= 11 is 1.35. The van der Waals surface area contributed by atoms with Gasteiger partial charge in [0.25, 0.3) is 0 Å². The van der Waals surface area contributed by atoms with Crippen LogP contribution in [0.4, 0.5) is 10.8 Å². The molecule has 4 rings (SSSR count). The molecule has 2 aromatic rings. The van der Waals surface area contributed by atoms with Crippen LogP contribution in [0.2, 0.25) is 0 Å². The van der Waals surface area contributed by atoms with Crippen molar-refractivity contribution in [3.63, 3.8) is 0 Å². The summed E-state index contributed by atoms with van der Waals surface area (Å²) in [4.78, 5) is 32.8. The SMILES string of the molecule is CCN1CCN(S(=O)(=O)c2cccc(NC(=O)Cc3csc(N4CCCC4=O)n3)c2)CC1. The van der Waals surface area contributed by atoms with Gasteiger partial charge < -0.3 is 10.2 Å². The highest BCUT2D eigenvalue weighted by atomic mass is 32.2. The third-order valence-electron chi connectivity index (χ3n) is 5.72. The normalized spacial score (nSPS) is 18.3. The Bertz CT molecular complexity index is 1090. The molecule has 0 atom stereocenters. The van der Waals surface area contributed by atoms with Crippen molar-refractivity contribution in [1.82, 2.24) is 14.2 Å². The number of nitrogens with one attached hydrogen (secondary N) is 1. The Labute approximate surface area is 192 Å². The largest absolute Gasteiger partial charge is 0.326 e. The lowest BCUT2D eigenvalue weighted by atomic mass is 10.3. The number of carbonyl (C=O) groups excluding carboxylic acids is 2. The maximum atomic E-state index is 13.0.